The van der Waals surface area contributed by atoms with Crippen molar-refractivity contribution >= 4 is 21.6 Å². The van der Waals surface area contributed by atoms with Crippen LogP contribution < -0.4 is 10.0 Å². The third kappa shape index (κ3) is 4.75. The number of amides is 1. The zero-order valence-electron chi connectivity index (χ0n) is 15.1. The van der Waals surface area contributed by atoms with Gasteiger partial charge in [-0.15, -0.1) is 0 Å². The molecule has 2 N–H and O–H groups in total. The van der Waals surface area contributed by atoms with Gasteiger partial charge in [0.1, 0.15) is 5.82 Å². The van der Waals surface area contributed by atoms with E-state index in [2.05, 4.69) is 10.0 Å². The van der Waals surface area contributed by atoms with E-state index in [9.17, 15) is 17.6 Å². The molecule has 0 bridgehead atoms. The van der Waals surface area contributed by atoms with Crippen molar-refractivity contribution in [3.63, 3.8) is 0 Å². The Bertz CT molecular complexity index is 1080. The number of anilines is 1. The van der Waals surface area contributed by atoms with Crippen LogP contribution in [0.4, 0.5) is 10.1 Å². The highest BCUT2D eigenvalue weighted by Gasteiger charge is 2.18. The predicted molar refractivity (Wildman–Crippen MR) is 106 cm³/mol. The number of halogens is 1. The Morgan fingerprint density at radius 3 is 2.32 bits per heavy atom. The average Bonchev–Trinajstić information content (AvgIpc) is 2.69. The molecule has 0 aliphatic rings. The lowest BCUT2D eigenvalue weighted by molar-refractivity contribution is 0.0950. The minimum absolute atomic E-state index is 0.0488. The van der Waals surface area contributed by atoms with Gasteiger partial charge in [-0.1, -0.05) is 36.4 Å². The number of aryl methyl sites for hydroxylation is 1. The molecule has 3 aromatic rings. The van der Waals surface area contributed by atoms with Crippen molar-refractivity contribution in [2.45, 2.75) is 18.4 Å². The van der Waals surface area contributed by atoms with Crippen molar-refractivity contribution in [3.8, 4) is 0 Å². The van der Waals surface area contributed by atoms with Crippen molar-refractivity contribution in [1.82, 2.24) is 5.32 Å². The lowest BCUT2D eigenvalue weighted by Crippen LogP contribution is -2.24. The van der Waals surface area contributed by atoms with Crippen molar-refractivity contribution in [1.29, 1.82) is 0 Å². The summed E-state index contributed by atoms with van der Waals surface area (Å²) >= 11 is 0. The standard InChI is InChI=1S/C21H19FN2O3S/c1-15-7-12-19(28(26,27)24-18-10-8-17(22)9-11-18)13-20(15)21(25)23-14-16-5-3-2-4-6-16/h2-13,24H,14H2,1H3,(H,23,25). The van der Waals surface area contributed by atoms with Crippen LogP contribution in [0.1, 0.15) is 21.5 Å². The maximum absolute atomic E-state index is 13.0. The van der Waals surface area contributed by atoms with Gasteiger partial charge in [0.15, 0.2) is 0 Å². The minimum atomic E-state index is -3.92. The van der Waals surface area contributed by atoms with E-state index >= 15 is 0 Å². The van der Waals surface area contributed by atoms with Crippen molar-refractivity contribution in [2.75, 3.05) is 4.72 Å². The van der Waals surface area contributed by atoms with Gasteiger partial charge in [0, 0.05) is 17.8 Å². The van der Waals surface area contributed by atoms with Crippen LogP contribution in [0.15, 0.2) is 77.7 Å². The van der Waals surface area contributed by atoms with Gasteiger partial charge in [0.25, 0.3) is 15.9 Å². The summed E-state index contributed by atoms with van der Waals surface area (Å²) in [7, 11) is -3.92. The normalized spacial score (nSPS) is 11.1. The number of sulfonamides is 1. The molecule has 0 atom stereocenters. The second kappa shape index (κ2) is 8.22. The molecule has 0 unspecified atom stereocenters. The maximum atomic E-state index is 13.0. The van der Waals surface area contributed by atoms with Crippen LogP contribution in [-0.4, -0.2) is 14.3 Å². The predicted octanol–water partition coefficient (Wildman–Crippen LogP) is 3.86. The molecular formula is C21H19FN2O3S. The number of carbonyl (C=O) groups is 1. The molecule has 0 saturated carbocycles. The van der Waals surface area contributed by atoms with Gasteiger partial charge in [-0.3, -0.25) is 9.52 Å². The highest BCUT2D eigenvalue weighted by molar-refractivity contribution is 7.92. The molecule has 3 aromatic carbocycles. The summed E-state index contributed by atoms with van der Waals surface area (Å²) in [5, 5.41) is 2.79. The molecule has 0 aliphatic carbocycles. The van der Waals surface area contributed by atoms with E-state index in [1.165, 1.54) is 24.3 Å². The summed E-state index contributed by atoms with van der Waals surface area (Å²) in [6.07, 6.45) is 0. The second-order valence-electron chi connectivity index (χ2n) is 6.26. The average molecular weight is 398 g/mol. The summed E-state index contributed by atoms with van der Waals surface area (Å²) in [5.41, 5.74) is 2.11. The molecule has 144 valence electrons. The van der Waals surface area contributed by atoms with Crippen LogP contribution >= 0.6 is 0 Å². The van der Waals surface area contributed by atoms with Gasteiger partial charge >= 0.3 is 0 Å². The molecule has 7 heteroatoms. The van der Waals surface area contributed by atoms with Crippen molar-refractivity contribution in [3.05, 3.63) is 95.3 Å². The van der Waals surface area contributed by atoms with Gasteiger partial charge in [-0.25, -0.2) is 12.8 Å². The monoisotopic (exact) mass is 398 g/mol. The first-order valence-corrected chi connectivity index (χ1v) is 10.0. The van der Waals surface area contributed by atoms with Crippen molar-refractivity contribution in [2.24, 2.45) is 0 Å². The molecule has 0 saturated heterocycles. The topological polar surface area (TPSA) is 75.3 Å². The van der Waals surface area contributed by atoms with Crippen LogP contribution in [0.5, 0.6) is 0 Å². The third-order valence-electron chi connectivity index (χ3n) is 4.16. The van der Waals surface area contributed by atoms with Gasteiger partial charge in [-0.2, -0.15) is 0 Å². The van der Waals surface area contributed by atoms with Gasteiger partial charge < -0.3 is 5.32 Å². The zero-order valence-corrected chi connectivity index (χ0v) is 16.0. The second-order valence-corrected chi connectivity index (χ2v) is 7.94. The number of rotatable bonds is 6. The highest BCUT2D eigenvalue weighted by Crippen LogP contribution is 2.20. The number of nitrogens with one attached hydrogen (secondary N) is 2. The fourth-order valence-corrected chi connectivity index (χ4v) is 3.70. The molecule has 0 spiro atoms. The first kappa shape index (κ1) is 19.6. The van der Waals surface area contributed by atoms with Crippen LogP contribution in [0.2, 0.25) is 0 Å². The number of hydrogen-bond acceptors (Lipinski definition) is 3. The minimum Gasteiger partial charge on any atom is -0.348 e. The fourth-order valence-electron chi connectivity index (χ4n) is 2.62. The smallest absolute Gasteiger partial charge is 0.261 e. The quantitative estimate of drug-likeness (QED) is 0.662. The number of carbonyl (C=O) groups excluding carboxylic acids is 1. The van der Waals surface area contributed by atoms with Gasteiger partial charge in [-0.05, 0) is 54.4 Å². The van der Waals surface area contributed by atoms with Crippen LogP contribution in [0, 0.1) is 12.7 Å². The Kier molecular flexibility index (Phi) is 5.75. The summed E-state index contributed by atoms with van der Waals surface area (Å²) in [4.78, 5) is 12.5. The first-order chi connectivity index (χ1) is 13.3. The van der Waals surface area contributed by atoms with Crippen LogP contribution in [0.3, 0.4) is 0 Å². The number of benzene rings is 3. The first-order valence-electron chi connectivity index (χ1n) is 8.56. The van der Waals surface area contributed by atoms with E-state index in [4.69, 9.17) is 0 Å². The molecular weight excluding hydrogens is 379 g/mol. The van der Waals surface area contributed by atoms with E-state index in [1.807, 2.05) is 30.3 Å². The summed E-state index contributed by atoms with van der Waals surface area (Å²) in [6.45, 7) is 2.07. The van der Waals surface area contributed by atoms with E-state index < -0.39 is 15.8 Å². The Balaban J connectivity index is 1.79. The molecule has 0 fully saturated rings. The van der Waals surface area contributed by atoms with Crippen LogP contribution in [-0.2, 0) is 16.6 Å². The summed E-state index contributed by atoms with van der Waals surface area (Å²) in [5.74, 6) is -0.823. The largest absolute Gasteiger partial charge is 0.348 e. The van der Waals surface area contributed by atoms with Gasteiger partial charge in [0.2, 0.25) is 0 Å². The van der Waals surface area contributed by atoms with Crippen LogP contribution in [0.25, 0.3) is 0 Å². The van der Waals surface area contributed by atoms with E-state index in [0.29, 0.717) is 12.1 Å². The summed E-state index contributed by atoms with van der Waals surface area (Å²) < 4.78 is 40.6. The fraction of sp³-hybridized carbons (Fsp3) is 0.0952. The molecule has 0 heterocycles. The lowest BCUT2D eigenvalue weighted by Gasteiger charge is -2.12. The third-order valence-corrected chi connectivity index (χ3v) is 5.54. The Morgan fingerprint density at radius 2 is 1.64 bits per heavy atom. The summed E-state index contributed by atoms with van der Waals surface area (Å²) in [6, 6.07) is 18.7. The molecule has 0 aromatic heterocycles. The Hall–Kier alpha value is -3.19. The Morgan fingerprint density at radius 1 is 0.964 bits per heavy atom. The van der Waals surface area contributed by atoms with Crippen molar-refractivity contribution < 1.29 is 17.6 Å². The molecule has 3 rings (SSSR count). The molecule has 0 radical (unpaired) electrons. The van der Waals surface area contributed by atoms with E-state index in [1.54, 1.807) is 13.0 Å². The number of hydrogen-bond donors (Lipinski definition) is 2. The van der Waals surface area contributed by atoms with E-state index in [-0.39, 0.29) is 22.1 Å². The van der Waals surface area contributed by atoms with Gasteiger partial charge in [0.05, 0.1) is 4.90 Å². The molecule has 5 nitrogen and oxygen atoms in total. The highest BCUT2D eigenvalue weighted by atomic mass is 32.2. The molecule has 0 aliphatic heterocycles. The Labute approximate surface area is 163 Å². The molecule has 1 amide bonds. The lowest BCUT2D eigenvalue weighted by atomic mass is 10.1. The maximum Gasteiger partial charge on any atom is 0.261 e. The zero-order chi connectivity index (χ0) is 20.1. The SMILES string of the molecule is Cc1ccc(S(=O)(=O)Nc2ccc(F)cc2)cc1C(=O)NCc1ccccc1. The molecule has 28 heavy (non-hydrogen) atoms. The van der Waals surface area contributed by atoms with E-state index in [0.717, 1.165) is 17.7 Å².